The normalized spacial score (nSPS) is 17.9. The van der Waals surface area contributed by atoms with Crippen molar-refractivity contribution in [3.63, 3.8) is 0 Å². The number of nitrogens with zero attached hydrogens (tertiary/aromatic N) is 2. The van der Waals surface area contributed by atoms with E-state index in [1.807, 2.05) is 0 Å². The molecule has 2 aromatic carbocycles. The van der Waals surface area contributed by atoms with Crippen molar-refractivity contribution in [3.05, 3.63) is 60.2 Å². The highest BCUT2D eigenvalue weighted by atomic mass is 16.5. The zero-order valence-electron chi connectivity index (χ0n) is 24.3. The molecule has 9 heteroatoms. The Balaban J connectivity index is 1.34. The van der Waals surface area contributed by atoms with Gasteiger partial charge in [0, 0.05) is 43.7 Å². The number of hydrogen-bond acceptors (Lipinski definition) is 6. The molecule has 4 rings (SSSR count). The van der Waals surface area contributed by atoms with Crippen LogP contribution in [0.25, 0.3) is 10.8 Å². The molecule has 41 heavy (non-hydrogen) atoms. The third-order valence-corrected chi connectivity index (χ3v) is 8.43. The topological polar surface area (TPSA) is 108 Å². The van der Waals surface area contributed by atoms with Gasteiger partial charge in [-0.15, -0.1) is 0 Å². The fourth-order valence-electron chi connectivity index (χ4n) is 5.72. The van der Waals surface area contributed by atoms with Gasteiger partial charge in [0.1, 0.15) is 6.04 Å². The van der Waals surface area contributed by atoms with E-state index in [1.165, 1.54) is 35.6 Å². The van der Waals surface area contributed by atoms with E-state index in [0.29, 0.717) is 0 Å². The van der Waals surface area contributed by atoms with Gasteiger partial charge in [0.05, 0.1) is 13.7 Å². The average molecular weight is 563 g/mol. The molecule has 1 aliphatic heterocycles. The van der Waals surface area contributed by atoms with Crippen molar-refractivity contribution < 1.29 is 23.9 Å². The summed E-state index contributed by atoms with van der Waals surface area (Å²) in [4.78, 5) is 54.2. The second-order valence-corrected chi connectivity index (χ2v) is 11.1. The Bertz CT molecular complexity index is 1260. The summed E-state index contributed by atoms with van der Waals surface area (Å²) >= 11 is 0. The first-order valence-electron chi connectivity index (χ1n) is 14.6. The van der Waals surface area contributed by atoms with Crippen LogP contribution in [0.1, 0.15) is 57.6 Å². The molecule has 0 radical (unpaired) electrons. The summed E-state index contributed by atoms with van der Waals surface area (Å²) in [6.07, 6.45) is 7.07. The van der Waals surface area contributed by atoms with E-state index < -0.39 is 12.0 Å². The molecule has 1 unspecified atom stereocenters. The van der Waals surface area contributed by atoms with Crippen LogP contribution in [0.4, 0.5) is 0 Å². The molecule has 1 saturated heterocycles. The minimum atomic E-state index is -0.780. The second kappa shape index (κ2) is 14.3. The van der Waals surface area contributed by atoms with E-state index in [0.717, 1.165) is 45.2 Å². The number of rotatable bonds is 11. The monoisotopic (exact) mass is 562 g/mol. The molecule has 220 valence electrons. The van der Waals surface area contributed by atoms with Crippen molar-refractivity contribution in [2.24, 2.45) is 5.92 Å². The van der Waals surface area contributed by atoms with Crippen molar-refractivity contribution in [2.45, 2.75) is 64.1 Å². The van der Waals surface area contributed by atoms with Crippen LogP contribution in [0.3, 0.4) is 0 Å². The third-order valence-electron chi connectivity index (χ3n) is 8.43. The van der Waals surface area contributed by atoms with Crippen molar-refractivity contribution in [1.29, 1.82) is 0 Å². The Labute approximate surface area is 242 Å². The van der Waals surface area contributed by atoms with Crippen LogP contribution in [0.2, 0.25) is 0 Å². The Hall–Kier alpha value is -3.72. The lowest BCUT2D eigenvalue weighted by Gasteiger charge is -2.42. The number of amides is 3. The summed E-state index contributed by atoms with van der Waals surface area (Å²) in [6, 6.07) is 14.3. The molecule has 0 aromatic heterocycles. The van der Waals surface area contributed by atoms with Gasteiger partial charge in [0.15, 0.2) is 0 Å². The van der Waals surface area contributed by atoms with Gasteiger partial charge in [-0.2, -0.15) is 0 Å². The minimum Gasteiger partial charge on any atom is -0.466 e. The predicted molar refractivity (Wildman–Crippen MR) is 158 cm³/mol. The fourth-order valence-corrected chi connectivity index (χ4v) is 5.72. The maximum Gasteiger partial charge on any atom is 0.330 e. The maximum absolute atomic E-state index is 13.4. The zero-order chi connectivity index (χ0) is 29.4. The number of carbonyl (C=O) groups is 4. The van der Waals surface area contributed by atoms with Crippen LogP contribution in [0.5, 0.6) is 0 Å². The average Bonchev–Trinajstić information content (AvgIpc) is 2.96. The highest BCUT2D eigenvalue weighted by molar-refractivity contribution is 5.91. The lowest BCUT2D eigenvalue weighted by atomic mass is 9.83. The molecule has 2 aliphatic rings. The van der Waals surface area contributed by atoms with Crippen molar-refractivity contribution in [2.75, 3.05) is 33.3 Å². The number of benzene rings is 2. The Morgan fingerprint density at radius 1 is 1.02 bits per heavy atom. The van der Waals surface area contributed by atoms with Crippen molar-refractivity contribution in [3.8, 4) is 0 Å². The molecule has 2 aromatic rings. The van der Waals surface area contributed by atoms with Crippen LogP contribution in [0, 0.1) is 5.92 Å². The molecular weight excluding hydrogens is 520 g/mol. The van der Waals surface area contributed by atoms with Crippen molar-refractivity contribution >= 4 is 34.5 Å². The summed E-state index contributed by atoms with van der Waals surface area (Å²) in [5.74, 6) is -1.20. The third kappa shape index (κ3) is 7.73. The van der Waals surface area contributed by atoms with E-state index in [1.54, 1.807) is 11.8 Å². The van der Waals surface area contributed by atoms with Crippen LogP contribution >= 0.6 is 0 Å². The molecule has 3 amide bonds. The molecule has 2 atom stereocenters. The lowest BCUT2D eigenvalue weighted by molar-refractivity contribution is -0.145. The smallest absolute Gasteiger partial charge is 0.330 e. The number of nitrogens with one attached hydrogen (secondary N) is 2. The molecule has 0 bridgehead atoms. The molecule has 1 aliphatic carbocycles. The summed E-state index contributed by atoms with van der Waals surface area (Å²) in [5.41, 5.74) is 1.30. The van der Waals surface area contributed by atoms with E-state index in [4.69, 9.17) is 0 Å². The van der Waals surface area contributed by atoms with Gasteiger partial charge in [-0.25, -0.2) is 4.79 Å². The van der Waals surface area contributed by atoms with E-state index in [9.17, 15) is 19.2 Å². The number of esters is 1. The lowest BCUT2D eigenvalue weighted by Crippen LogP contribution is -2.55. The predicted octanol–water partition coefficient (Wildman–Crippen LogP) is 3.34. The molecule has 1 saturated carbocycles. The number of ether oxygens (including phenoxy) is 1. The summed E-state index contributed by atoms with van der Waals surface area (Å²) in [7, 11) is 1.28. The largest absolute Gasteiger partial charge is 0.466 e. The Morgan fingerprint density at radius 3 is 2.41 bits per heavy atom. The summed E-state index contributed by atoms with van der Waals surface area (Å²) < 4.78 is 4.52. The molecule has 0 spiro atoms. The summed E-state index contributed by atoms with van der Waals surface area (Å²) in [6.45, 7) is 5.59. The molecule has 1 heterocycles. The fraction of sp³-hybridized carbons (Fsp3) is 0.500. The molecule has 2 fully saturated rings. The number of carbonyl (C=O) groups excluding carboxylic acids is 4. The zero-order valence-corrected chi connectivity index (χ0v) is 24.3. The summed E-state index contributed by atoms with van der Waals surface area (Å²) in [5, 5.41) is 7.88. The van der Waals surface area contributed by atoms with Gasteiger partial charge in [-0.05, 0) is 55.9 Å². The van der Waals surface area contributed by atoms with Gasteiger partial charge >= 0.3 is 5.97 Å². The second-order valence-electron chi connectivity index (χ2n) is 11.1. The Kier molecular flexibility index (Phi) is 10.5. The number of hydrogen-bond donors (Lipinski definition) is 2. The quantitative estimate of drug-likeness (QED) is 0.321. The van der Waals surface area contributed by atoms with E-state index in [-0.39, 0.29) is 48.8 Å². The first-order valence-corrected chi connectivity index (χ1v) is 14.6. The van der Waals surface area contributed by atoms with Gasteiger partial charge in [0.2, 0.25) is 17.7 Å². The first-order chi connectivity index (χ1) is 19.8. The molecular formula is C32H42N4O5. The van der Waals surface area contributed by atoms with Gasteiger partial charge < -0.3 is 20.3 Å². The van der Waals surface area contributed by atoms with Crippen LogP contribution < -0.4 is 10.6 Å². The molecule has 2 N–H and O–H groups in total. The standard InChI is InChI=1S/C32H42N4O5/c1-22(31(39)33-18-8-15-30(38)41-3)34-29(37)21-36(32(40)25-11-6-12-25)26-16-19-35(20-17-26)23(2)27-14-7-10-24-9-4-5-13-28(24)27/h4-5,7-10,13-15,22-23,25-26H,6,11-12,16-21H2,1-3H3,(H,33,39)(H,34,37)/b15-8+/t22-,23?/m1/s1. The van der Waals surface area contributed by atoms with Crippen molar-refractivity contribution in [1.82, 2.24) is 20.4 Å². The van der Waals surface area contributed by atoms with Crippen LogP contribution in [-0.4, -0.2) is 78.9 Å². The Morgan fingerprint density at radius 2 is 1.73 bits per heavy atom. The number of methoxy groups -OCH3 is 1. The van der Waals surface area contributed by atoms with Gasteiger partial charge in [-0.1, -0.05) is 55.0 Å². The van der Waals surface area contributed by atoms with Gasteiger partial charge in [-0.3, -0.25) is 19.3 Å². The maximum atomic E-state index is 13.4. The van der Waals surface area contributed by atoms with Gasteiger partial charge in [0.25, 0.3) is 0 Å². The van der Waals surface area contributed by atoms with Crippen LogP contribution in [0.15, 0.2) is 54.6 Å². The number of likely N-dealkylation sites (tertiary alicyclic amines) is 1. The molecule has 9 nitrogen and oxygen atoms in total. The van der Waals surface area contributed by atoms with Crippen LogP contribution in [-0.2, 0) is 23.9 Å². The SMILES string of the molecule is COC(=O)/C=C/CNC(=O)[C@@H](C)NC(=O)CN(C(=O)C1CCC1)C1CCN(C(C)c2cccc3ccccc23)CC1. The number of piperidine rings is 1. The first kappa shape index (κ1) is 30.2. The minimum absolute atomic E-state index is 0.0160. The highest BCUT2D eigenvalue weighted by Gasteiger charge is 2.36. The highest BCUT2D eigenvalue weighted by Crippen LogP contribution is 2.33. The van der Waals surface area contributed by atoms with E-state index >= 15 is 0 Å². The van der Waals surface area contributed by atoms with E-state index in [2.05, 4.69) is 69.7 Å². The number of fused-ring (bicyclic) bond motifs is 1.